The van der Waals surface area contributed by atoms with Gasteiger partial charge in [0.05, 0.1) is 0 Å². The summed E-state index contributed by atoms with van der Waals surface area (Å²) in [5.41, 5.74) is 3.66. The Morgan fingerprint density at radius 2 is 2.09 bits per heavy atom. The van der Waals surface area contributed by atoms with Crippen molar-refractivity contribution in [3.63, 3.8) is 0 Å². The van der Waals surface area contributed by atoms with Gasteiger partial charge in [-0.2, -0.15) is 29.3 Å². The standard InChI is InChI=1S/C9H10Cl.Rb/c1-7-4-3-5-9(6-10)8(7)2;/h3,5H,6H2,1-2H3;/q-1;+1. The van der Waals surface area contributed by atoms with Crippen molar-refractivity contribution in [1.29, 1.82) is 0 Å². The zero-order valence-electron chi connectivity index (χ0n) is 7.24. The molecule has 0 atom stereocenters. The van der Waals surface area contributed by atoms with Crippen LogP contribution in [-0.4, -0.2) is 0 Å². The molecule has 0 fully saturated rings. The van der Waals surface area contributed by atoms with E-state index in [-0.39, 0.29) is 58.2 Å². The number of benzene rings is 1. The van der Waals surface area contributed by atoms with Crippen molar-refractivity contribution in [2.45, 2.75) is 19.7 Å². The van der Waals surface area contributed by atoms with Crippen LogP contribution in [0.2, 0.25) is 0 Å². The molecule has 0 saturated carbocycles. The molecule has 11 heavy (non-hydrogen) atoms. The number of alkyl halides is 1. The minimum absolute atomic E-state index is 0. The van der Waals surface area contributed by atoms with E-state index in [0.717, 1.165) is 0 Å². The summed E-state index contributed by atoms with van der Waals surface area (Å²) in [5, 5.41) is 0. The third kappa shape index (κ3) is 3.27. The summed E-state index contributed by atoms with van der Waals surface area (Å²) >= 11 is 5.69. The number of hydrogen-bond acceptors (Lipinski definition) is 0. The average Bonchev–Trinajstić information content (AvgIpc) is 1.95. The molecule has 0 radical (unpaired) electrons. The Morgan fingerprint density at radius 1 is 1.45 bits per heavy atom. The molecule has 0 aliphatic rings. The van der Waals surface area contributed by atoms with Gasteiger partial charge in [0.2, 0.25) is 0 Å². The summed E-state index contributed by atoms with van der Waals surface area (Å²) in [4.78, 5) is 0. The van der Waals surface area contributed by atoms with Crippen molar-refractivity contribution in [3.8, 4) is 0 Å². The van der Waals surface area contributed by atoms with E-state index in [1.807, 2.05) is 19.1 Å². The SMILES string of the molecule is Cc1[c-]ccc(CCl)c1C.[Rb+]. The van der Waals surface area contributed by atoms with E-state index in [1.54, 1.807) is 0 Å². The van der Waals surface area contributed by atoms with Gasteiger partial charge in [0.1, 0.15) is 0 Å². The Bertz CT molecular complexity index is 233. The molecule has 1 aromatic carbocycles. The van der Waals surface area contributed by atoms with Crippen molar-refractivity contribution >= 4 is 11.6 Å². The van der Waals surface area contributed by atoms with Crippen LogP contribution < -0.4 is 58.2 Å². The smallest absolute Gasteiger partial charge is 0.180 e. The molecule has 54 valence electrons. The normalized spacial score (nSPS) is 9.00. The molecule has 0 aromatic heterocycles. The first kappa shape index (κ1) is 12.3. The molecule has 0 saturated heterocycles. The van der Waals surface area contributed by atoms with Crippen LogP contribution >= 0.6 is 11.6 Å². The molecule has 0 aliphatic heterocycles. The van der Waals surface area contributed by atoms with Gasteiger partial charge < -0.3 is 0 Å². The summed E-state index contributed by atoms with van der Waals surface area (Å²) < 4.78 is 0. The van der Waals surface area contributed by atoms with Gasteiger partial charge in [-0.15, -0.1) is 17.2 Å². The van der Waals surface area contributed by atoms with E-state index in [4.69, 9.17) is 11.6 Å². The van der Waals surface area contributed by atoms with Crippen LogP contribution in [-0.2, 0) is 5.88 Å². The Kier molecular flexibility index (Phi) is 6.58. The van der Waals surface area contributed by atoms with Crippen LogP contribution in [0.5, 0.6) is 0 Å². The molecule has 2 heteroatoms. The third-order valence-corrected chi connectivity index (χ3v) is 2.06. The molecule has 0 amide bonds. The minimum atomic E-state index is 0. The molecular weight excluding hydrogens is 229 g/mol. The molecule has 1 aromatic rings. The third-order valence-electron chi connectivity index (χ3n) is 1.77. The van der Waals surface area contributed by atoms with Crippen LogP contribution in [0, 0.1) is 19.9 Å². The Labute approximate surface area is 122 Å². The van der Waals surface area contributed by atoms with Gasteiger partial charge in [-0.25, -0.2) is 0 Å². The van der Waals surface area contributed by atoms with E-state index in [2.05, 4.69) is 13.0 Å². The summed E-state index contributed by atoms with van der Waals surface area (Å²) in [6, 6.07) is 7.04. The molecule has 0 bridgehead atoms. The second kappa shape index (κ2) is 5.88. The monoisotopic (exact) mass is 238 g/mol. The van der Waals surface area contributed by atoms with Gasteiger partial charge in [-0.3, -0.25) is 0 Å². The summed E-state index contributed by atoms with van der Waals surface area (Å²) in [7, 11) is 0. The first-order chi connectivity index (χ1) is 4.75. The van der Waals surface area contributed by atoms with Gasteiger partial charge >= 0.3 is 58.2 Å². The number of hydrogen-bond donors (Lipinski definition) is 0. The minimum Gasteiger partial charge on any atom is -0.180 e. The van der Waals surface area contributed by atoms with Crippen LogP contribution in [0.15, 0.2) is 12.1 Å². The topological polar surface area (TPSA) is 0 Å². The van der Waals surface area contributed by atoms with Gasteiger partial charge in [0.25, 0.3) is 0 Å². The van der Waals surface area contributed by atoms with Crippen molar-refractivity contribution in [1.82, 2.24) is 0 Å². The van der Waals surface area contributed by atoms with Gasteiger partial charge in [0.15, 0.2) is 0 Å². The second-order valence-corrected chi connectivity index (χ2v) is 2.65. The average molecular weight is 239 g/mol. The molecule has 0 aliphatic carbocycles. The van der Waals surface area contributed by atoms with Crippen molar-refractivity contribution in [2.75, 3.05) is 0 Å². The van der Waals surface area contributed by atoms with Crippen molar-refractivity contribution < 1.29 is 58.2 Å². The van der Waals surface area contributed by atoms with E-state index in [0.29, 0.717) is 5.88 Å². The van der Waals surface area contributed by atoms with Gasteiger partial charge in [-0.1, -0.05) is 13.8 Å². The number of rotatable bonds is 1. The Hall–Kier alpha value is 1.32. The largest absolute Gasteiger partial charge is 1.00 e. The zero-order chi connectivity index (χ0) is 7.56. The number of halogens is 1. The molecule has 0 unspecified atom stereocenters. The van der Waals surface area contributed by atoms with Crippen molar-refractivity contribution in [3.05, 3.63) is 34.9 Å². The maximum absolute atomic E-state index is 5.69. The van der Waals surface area contributed by atoms with Gasteiger partial charge in [-0.05, 0) is 0 Å². The fraction of sp³-hybridized carbons (Fsp3) is 0.333. The molecule has 0 nitrogen and oxygen atoms in total. The molecule has 0 N–H and O–H groups in total. The van der Waals surface area contributed by atoms with E-state index >= 15 is 0 Å². The predicted octanol–water partition coefficient (Wildman–Crippen LogP) is -0.154. The first-order valence-corrected chi connectivity index (χ1v) is 3.82. The van der Waals surface area contributed by atoms with Crippen LogP contribution in [0.25, 0.3) is 0 Å². The second-order valence-electron chi connectivity index (χ2n) is 2.39. The predicted molar refractivity (Wildman–Crippen MR) is 44.3 cm³/mol. The maximum atomic E-state index is 5.69. The van der Waals surface area contributed by atoms with E-state index < -0.39 is 0 Å². The summed E-state index contributed by atoms with van der Waals surface area (Å²) in [5.74, 6) is 0.599. The van der Waals surface area contributed by atoms with Crippen LogP contribution in [0.1, 0.15) is 16.7 Å². The first-order valence-electron chi connectivity index (χ1n) is 3.28. The van der Waals surface area contributed by atoms with E-state index in [1.165, 1.54) is 16.7 Å². The van der Waals surface area contributed by atoms with Crippen LogP contribution in [0.3, 0.4) is 0 Å². The summed E-state index contributed by atoms with van der Waals surface area (Å²) in [6.07, 6.45) is 0. The molecular formula is C9H10ClRb. The number of aryl methyl sites for hydroxylation is 1. The quantitative estimate of drug-likeness (QED) is 0.472. The molecule has 1 rings (SSSR count). The molecule has 0 spiro atoms. The van der Waals surface area contributed by atoms with Crippen LogP contribution in [0.4, 0.5) is 0 Å². The zero-order valence-corrected chi connectivity index (χ0v) is 12.9. The Balaban J connectivity index is 0.000001000. The summed E-state index contributed by atoms with van der Waals surface area (Å²) in [6.45, 7) is 4.12. The van der Waals surface area contributed by atoms with Crippen molar-refractivity contribution in [2.24, 2.45) is 0 Å². The van der Waals surface area contributed by atoms with E-state index in [9.17, 15) is 0 Å². The fourth-order valence-corrected chi connectivity index (χ4v) is 1.18. The Morgan fingerprint density at radius 3 is 2.55 bits per heavy atom. The fourth-order valence-electron chi connectivity index (χ4n) is 0.886. The van der Waals surface area contributed by atoms with Gasteiger partial charge in [0, 0.05) is 5.88 Å². The molecule has 0 heterocycles. The maximum Gasteiger partial charge on any atom is 1.00 e.